The van der Waals surface area contributed by atoms with Gasteiger partial charge in [-0.2, -0.15) is 0 Å². The van der Waals surface area contributed by atoms with Gasteiger partial charge in [0.1, 0.15) is 0 Å². The lowest BCUT2D eigenvalue weighted by atomic mass is 9.99. The molecule has 1 saturated heterocycles. The number of carbonyl (C=O) groups is 1. The van der Waals surface area contributed by atoms with Crippen LogP contribution in [0.15, 0.2) is 65.6 Å². The summed E-state index contributed by atoms with van der Waals surface area (Å²) in [5.41, 5.74) is 1.15. The van der Waals surface area contributed by atoms with Crippen LogP contribution in [-0.2, 0) is 21.2 Å². The fraction of sp³-hybridized carbons (Fsp3) is 0.435. The molecule has 7 heteroatoms. The van der Waals surface area contributed by atoms with Crippen LogP contribution in [0.3, 0.4) is 0 Å². The fourth-order valence-electron chi connectivity index (χ4n) is 3.65. The van der Waals surface area contributed by atoms with E-state index in [0.717, 1.165) is 30.6 Å². The second-order valence-corrected chi connectivity index (χ2v) is 10.8. The van der Waals surface area contributed by atoms with Gasteiger partial charge in [0.25, 0.3) is 0 Å². The Labute approximate surface area is 184 Å². The normalized spacial score (nSPS) is 17.5. The van der Waals surface area contributed by atoms with E-state index in [1.54, 1.807) is 11.8 Å². The smallest absolute Gasteiger partial charge is 0.224 e. The van der Waals surface area contributed by atoms with Gasteiger partial charge in [0.15, 0.2) is 0 Å². The van der Waals surface area contributed by atoms with Crippen LogP contribution in [0.25, 0.3) is 0 Å². The van der Waals surface area contributed by atoms with Gasteiger partial charge in [0.2, 0.25) is 15.9 Å². The van der Waals surface area contributed by atoms with Gasteiger partial charge in [-0.1, -0.05) is 48.5 Å². The number of sulfonamides is 1. The highest BCUT2D eigenvalue weighted by Crippen LogP contribution is 2.21. The SMILES string of the molecule is O=C(NCCSc1ccccc1)[C@H]1CCCN(S(=O)(=O)CCCc2ccccc2)C1. The molecule has 162 valence electrons. The van der Waals surface area contributed by atoms with E-state index in [-0.39, 0.29) is 17.6 Å². The number of hydrogen-bond acceptors (Lipinski definition) is 4. The first-order valence-corrected chi connectivity index (χ1v) is 13.1. The lowest BCUT2D eigenvalue weighted by molar-refractivity contribution is -0.125. The number of benzene rings is 2. The van der Waals surface area contributed by atoms with E-state index in [2.05, 4.69) is 5.32 Å². The van der Waals surface area contributed by atoms with Gasteiger partial charge < -0.3 is 5.32 Å². The Morgan fingerprint density at radius 3 is 2.50 bits per heavy atom. The zero-order chi connectivity index (χ0) is 21.2. The van der Waals surface area contributed by atoms with Gasteiger partial charge in [-0.3, -0.25) is 4.79 Å². The Balaban J connectivity index is 1.41. The van der Waals surface area contributed by atoms with Crippen molar-refractivity contribution in [1.29, 1.82) is 0 Å². The van der Waals surface area contributed by atoms with Crippen molar-refractivity contribution < 1.29 is 13.2 Å². The predicted molar refractivity (Wildman–Crippen MR) is 123 cm³/mol. The molecule has 1 N–H and O–H groups in total. The van der Waals surface area contributed by atoms with Crippen LogP contribution in [0.2, 0.25) is 0 Å². The minimum Gasteiger partial charge on any atom is -0.355 e. The van der Waals surface area contributed by atoms with Gasteiger partial charge in [0, 0.05) is 30.3 Å². The second-order valence-electron chi connectivity index (χ2n) is 7.55. The summed E-state index contributed by atoms with van der Waals surface area (Å²) in [6.45, 7) is 1.39. The number of nitrogens with zero attached hydrogens (tertiary/aromatic N) is 1. The molecule has 1 amide bonds. The molecule has 1 aliphatic heterocycles. The molecular weight excluding hydrogens is 416 g/mol. The molecule has 1 heterocycles. The summed E-state index contributed by atoms with van der Waals surface area (Å²) in [6, 6.07) is 20.0. The summed E-state index contributed by atoms with van der Waals surface area (Å²) in [5, 5.41) is 2.98. The third kappa shape index (κ3) is 7.15. The van der Waals surface area contributed by atoms with Gasteiger partial charge in [-0.05, 0) is 43.4 Å². The Bertz CT molecular complexity index is 889. The number of carbonyl (C=O) groups excluding carboxylic acids is 1. The van der Waals surface area contributed by atoms with Crippen molar-refractivity contribution in [2.24, 2.45) is 5.92 Å². The maximum Gasteiger partial charge on any atom is 0.224 e. The van der Waals surface area contributed by atoms with E-state index in [1.807, 2.05) is 60.7 Å². The largest absolute Gasteiger partial charge is 0.355 e. The molecule has 0 unspecified atom stereocenters. The van der Waals surface area contributed by atoms with Gasteiger partial charge in [0.05, 0.1) is 11.7 Å². The van der Waals surface area contributed by atoms with Gasteiger partial charge in [-0.15, -0.1) is 11.8 Å². The summed E-state index contributed by atoms with van der Waals surface area (Å²) in [5.74, 6) is 0.630. The summed E-state index contributed by atoms with van der Waals surface area (Å²) in [6.07, 6.45) is 2.82. The predicted octanol–water partition coefficient (Wildman–Crippen LogP) is 3.57. The Kier molecular flexibility index (Phi) is 8.78. The molecule has 5 nitrogen and oxygen atoms in total. The van der Waals surface area contributed by atoms with Crippen LogP contribution in [0.4, 0.5) is 0 Å². The molecule has 0 radical (unpaired) electrons. The van der Waals surface area contributed by atoms with Crippen molar-refractivity contribution in [2.45, 2.75) is 30.6 Å². The highest BCUT2D eigenvalue weighted by molar-refractivity contribution is 7.99. The van der Waals surface area contributed by atoms with Crippen molar-refractivity contribution in [2.75, 3.05) is 31.1 Å². The number of amides is 1. The van der Waals surface area contributed by atoms with Gasteiger partial charge >= 0.3 is 0 Å². The summed E-state index contributed by atoms with van der Waals surface area (Å²) >= 11 is 1.70. The molecule has 0 bridgehead atoms. The molecule has 3 rings (SSSR count). The monoisotopic (exact) mass is 446 g/mol. The lowest BCUT2D eigenvalue weighted by Gasteiger charge is -2.31. The zero-order valence-corrected chi connectivity index (χ0v) is 18.8. The third-order valence-electron chi connectivity index (χ3n) is 5.27. The number of nitrogens with one attached hydrogen (secondary N) is 1. The summed E-state index contributed by atoms with van der Waals surface area (Å²) in [7, 11) is -3.33. The number of aryl methyl sites for hydroxylation is 1. The Hall–Kier alpha value is -1.83. The number of rotatable bonds is 10. The standard InChI is InChI=1S/C23H30N2O3S2/c26-23(24-15-17-29-22-13-5-2-6-14-22)21-12-7-16-25(19-21)30(27,28)18-8-11-20-9-3-1-4-10-20/h1-6,9-10,13-14,21H,7-8,11-12,15-19H2,(H,24,26)/t21-/m0/s1. The first-order chi connectivity index (χ1) is 14.5. The van der Waals surface area contributed by atoms with Crippen LogP contribution in [-0.4, -0.2) is 49.8 Å². The van der Waals surface area contributed by atoms with Crippen molar-refractivity contribution in [3.8, 4) is 0 Å². The average Bonchev–Trinajstić information content (AvgIpc) is 2.78. The summed E-state index contributed by atoms with van der Waals surface area (Å²) in [4.78, 5) is 13.7. The van der Waals surface area contributed by atoms with Crippen molar-refractivity contribution in [3.05, 3.63) is 66.2 Å². The first kappa shape index (κ1) is 22.8. The van der Waals surface area contributed by atoms with Crippen LogP contribution in [0.1, 0.15) is 24.8 Å². The number of piperidine rings is 1. The van der Waals surface area contributed by atoms with Crippen molar-refractivity contribution >= 4 is 27.7 Å². The highest BCUT2D eigenvalue weighted by Gasteiger charge is 2.31. The second kappa shape index (κ2) is 11.5. The topological polar surface area (TPSA) is 66.5 Å². The number of thioether (sulfide) groups is 1. The zero-order valence-electron chi connectivity index (χ0n) is 17.2. The molecule has 0 saturated carbocycles. The molecular formula is C23H30N2O3S2. The lowest BCUT2D eigenvalue weighted by Crippen LogP contribution is -2.46. The minimum atomic E-state index is -3.33. The van der Waals surface area contributed by atoms with Crippen LogP contribution >= 0.6 is 11.8 Å². The van der Waals surface area contributed by atoms with E-state index in [4.69, 9.17) is 0 Å². The maximum absolute atomic E-state index is 12.8. The molecule has 2 aromatic rings. The van der Waals surface area contributed by atoms with E-state index >= 15 is 0 Å². The Morgan fingerprint density at radius 2 is 1.77 bits per heavy atom. The fourth-order valence-corrected chi connectivity index (χ4v) is 6.02. The molecule has 1 fully saturated rings. The van der Waals surface area contributed by atoms with E-state index in [9.17, 15) is 13.2 Å². The molecule has 2 aromatic carbocycles. The molecule has 30 heavy (non-hydrogen) atoms. The third-order valence-corrected chi connectivity index (χ3v) is 8.21. The van der Waals surface area contributed by atoms with E-state index in [0.29, 0.717) is 26.1 Å². The molecule has 0 spiro atoms. The Morgan fingerprint density at radius 1 is 1.07 bits per heavy atom. The summed E-state index contributed by atoms with van der Waals surface area (Å²) < 4.78 is 27.0. The van der Waals surface area contributed by atoms with E-state index in [1.165, 1.54) is 9.20 Å². The van der Waals surface area contributed by atoms with Crippen molar-refractivity contribution in [1.82, 2.24) is 9.62 Å². The van der Waals surface area contributed by atoms with Crippen LogP contribution < -0.4 is 5.32 Å². The number of hydrogen-bond donors (Lipinski definition) is 1. The van der Waals surface area contributed by atoms with Gasteiger partial charge in [-0.25, -0.2) is 12.7 Å². The average molecular weight is 447 g/mol. The van der Waals surface area contributed by atoms with Crippen LogP contribution in [0, 0.1) is 5.92 Å². The van der Waals surface area contributed by atoms with Crippen LogP contribution in [0.5, 0.6) is 0 Å². The van der Waals surface area contributed by atoms with E-state index < -0.39 is 10.0 Å². The maximum atomic E-state index is 12.8. The molecule has 1 atom stereocenters. The molecule has 1 aliphatic rings. The van der Waals surface area contributed by atoms with Crippen molar-refractivity contribution in [3.63, 3.8) is 0 Å². The highest BCUT2D eigenvalue weighted by atomic mass is 32.2. The molecule has 0 aliphatic carbocycles. The quantitative estimate of drug-likeness (QED) is 0.448. The molecule has 0 aromatic heterocycles. The minimum absolute atomic E-state index is 0.0344. The first-order valence-electron chi connectivity index (χ1n) is 10.5.